The largest absolute Gasteiger partial charge is 0.496 e. The minimum Gasteiger partial charge on any atom is -0.496 e. The molecule has 0 spiro atoms. The van der Waals surface area contributed by atoms with Gasteiger partial charge in [-0.2, -0.15) is 0 Å². The van der Waals surface area contributed by atoms with Crippen LogP contribution in [0.2, 0.25) is 0 Å². The molecule has 1 saturated heterocycles. The van der Waals surface area contributed by atoms with E-state index in [0.717, 1.165) is 0 Å². The molecule has 8 nitrogen and oxygen atoms in total. The lowest BCUT2D eigenvalue weighted by atomic mass is 10.0. The molecule has 1 aromatic heterocycles. The van der Waals surface area contributed by atoms with Crippen molar-refractivity contribution in [1.29, 1.82) is 0 Å². The zero-order valence-electron chi connectivity index (χ0n) is 17.5. The lowest BCUT2D eigenvalue weighted by Crippen LogP contribution is -2.57. The lowest BCUT2D eigenvalue weighted by molar-refractivity contribution is -0.135. The number of carbonyl (C=O) groups excluding carboxylic acids is 3. The Labute approximate surface area is 175 Å². The molecule has 0 radical (unpaired) electrons. The van der Waals surface area contributed by atoms with Crippen molar-refractivity contribution in [2.45, 2.75) is 19.9 Å². The number of furan rings is 1. The summed E-state index contributed by atoms with van der Waals surface area (Å²) in [4.78, 5) is 41.7. The predicted octanol–water partition coefficient (Wildman–Crippen LogP) is 2.03. The summed E-state index contributed by atoms with van der Waals surface area (Å²) >= 11 is 0. The van der Waals surface area contributed by atoms with Crippen molar-refractivity contribution in [1.82, 2.24) is 15.1 Å². The number of methoxy groups -OCH3 is 1. The van der Waals surface area contributed by atoms with Crippen molar-refractivity contribution in [2.24, 2.45) is 5.92 Å². The molecule has 0 saturated carbocycles. The minimum atomic E-state index is -0.672. The number of para-hydroxylation sites is 1. The van der Waals surface area contributed by atoms with Gasteiger partial charge in [-0.1, -0.05) is 26.0 Å². The van der Waals surface area contributed by atoms with Crippen LogP contribution in [0.1, 0.15) is 34.8 Å². The zero-order chi connectivity index (χ0) is 21.7. The van der Waals surface area contributed by atoms with Gasteiger partial charge in [-0.25, -0.2) is 0 Å². The Balaban J connectivity index is 1.63. The first-order valence-corrected chi connectivity index (χ1v) is 9.97. The molecule has 160 valence electrons. The van der Waals surface area contributed by atoms with Gasteiger partial charge in [0.1, 0.15) is 11.8 Å². The van der Waals surface area contributed by atoms with Gasteiger partial charge in [0.2, 0.25) is 5.91 Å². The molecular weight excluding hydrogens is 386 g/mol. The van der Waals surface area contributed by atoms with Gasteiger partial charge in [0.25, 0.3) is 11.8 Å². The van der Waals surface area contributed by atoms with E-state index >= 15 is 0 Å². The van der Waals surface area contributed by atoms with E-state index in [1.807, 2.05) is 13.8 Å². The number of carbonyl (C=O) groups is 3. The average Bonchev–Trinajstić information content (AvgIpc) is 3.31. The number of ether oxygens (including phenoxy) is 1. The van der Waals surface area contributed by atoms with E-state index in [4.69, 9.17) is 9.15 Å². The number of nitrogens with one attached hydrogen (secondary N) is 1. The van der Waals surface area contributed by atoms with Crippen molar-refractivity contribution in [3.8, 4) is 5.75 Å². The van der Waals surface area contributed by atoms with E-state index in [9.17, 15) is 14.4 Å². The molecule has 2 aromatic rings. The molecule has 0 unspecified atom stereocenters. The fourth-order valence-corrected chi connectivity index (χ4v) is 3.45. The standard InChI is InChI=1S/C22H27N3O5/c1-15(2)19(23-20(26)16-7-4-5-8-17(16)29-3)22(28)25-12-10-24(11-13-25)21(27)18-9-6-14-30-18/h4-9,14-15,19H,10-13H2,1-3H3,(H,23,26)/t19-/m0/s1. The van der Waals surface area contributed by atoms with Gasteiger partial charge in [0.15, 0.2) is 5.76 Å². The molecule has 1 aliphatic heterocycles. The first-order valence-electron chi connectivity index (χ1n) is 9.97. The van der Waals surface area contributed by atoms with Crippen LogP contribution in [-0.2, 0) is 4.79 Å². The van der Waals surface area contributed by atoms with Crippen LogP contribution in [-0.4, -0.2) is 66.9 Å². The first kappa shape index (κ1) is 21.4. The summed E-state index contributed by atoms with van der Waals surface area (Å²) < 4.78 is 10.4. The second kappa shape index (κ2) is 9.47. The van der Waals surface area contributed by atoms with E-state index in [0.29, 0.717) is 43.3 Å². The number of hydrogen-bond acceptors (Lipinski definition) is 5. The molecule has 3 rings (SSSR count). The SMILES string of the molecule is COc1ccccc1C(=O)N[C@H](C(=O)N1CCN(C(=O)c2ccco2)CC1)C(C)C. The summed E-state index contributed by atoms with van der Waals surface area (Å²) in [6, 6.07) is 9.52. The summed E-state index contributed by atoms with van der Waals surface area (Å²) in [5.41, 5.74) is 0.382. The number of nitrogens with zero attached hydrogens (tertiary/aromatic N) is 2. The number of piperazine rings is 1. The predicted molar refractivity (Wildman–Crippen MR) is 110 cm³/mol. The number of amides is 3. The van der Waals surface area contributed by atoms with Crippen molar-refractivity contribution >= 4 is 17.7 Å². The average molecular weight is 413 g/mol. The van der Waals surface area contributed by atoms with Crippen molar-refractivity contribution < 1.29 is 23.5 Å². The highest BCUT2D eigenvalue weighted by Crippen LogP contribution is 2.18. The molecule has 0 bridgehead atoms. The Morgan fingerprint density at radius 1 is 1.00 bits per heavy atom. The minimum absolute atomic E-state index is 0.0982. The van der Waals surface area contributed by atoms with Gasteiger partial charge in [-0.15, -0.1) is 0 Å². The van der Waals surface area contributed by atoms with E-state index in [1.54, 1.807) is 46.2 Å². The summed E-state index contributed by atoms with van der Waals surface area (Å²) in [7, 11) is 1.50. The summed E-state index contributed by atoms with van der Waals surface area (Å²) in [6.45, 7) is 5.41. The van der Waals surface area contributed by atoms with Crippen LogP contribution < -0.4 is 10.1 Å². The Bertz CT molecular complexity index is 886. The van der Waals surface area contributed by atoms with Crippen LogP contribution in [0, 0.1) is 5.92 Å². The van der Waals surface area contributed by atoms with Gasteiger partial charge in [0.05, 0.1) is 18.9 Å². The monoisotopic (exact) mass is 413 g/mol. The third-order valence-electron chi connectivity index (χ3n) is 5.18. The quantitative estimate of drug-likeness (QED) is 0.782. The second-order valence-corrected chi connectivity index (χ2v) is 7.49. The number of hydrogen-bond donors (Lipinski definition) is 1. The highest BCUT2D eigenvalue weighted by Gasteiger charge is 2.32. The van der Waals surface area contributed by atoms with Crippen molar-refractivity contribution in [3.63, 3.8) is 0 Å². The number of rotatable bonds is 6. The van der Waals surface area contributed by atoms with Crippen LogP contribution in [0.15, 0.2) is 47.1 Å². The molecule has 1 aromatic carbocycles. The zero-order valence-corrected chi connectivity index (χ0v) is 17.5. The molecule has 3 amide bonds. The van der Waals surface area contributed by atoms with Gasteiger partial charge in [0, 0.05) is 26.2 Å². The normalized spacial score (nSPS) is 15.1. The van der Waals surface area contributed by atoms with E-state index in [1.165, 1.54) is 13.4 Å². The van der Waals surface area contributed by atoms with Gasteiger partial charge < -0.3 is 24.3 Å². The molecule has 1 N–H and O–H groups in total. The second-order valence-electron chi connectivity index (χ2n) is 7.49. The fraction of sp³-hybridized carbons (Fsp3) is 0.409. The third-order valence-corrected chi connectivity index (χ3v) is 5.18. The molecule has 1 fully saturated rings. The molecule has 2 heterocycles. The highest BCUT2D eigenvalue weighted by molar-refractivity contribution is 5.99. The maximum atomic E-state index is 13.1. The van der Waals surface area contributed by atoms with Crippen LogP contribution >= 0.6 is 0 Å². The first-order chi connectivity index (χ1) is 14.4. The molecule has 1 aliphatic rings. The van der Waals surface area contributed by atoms with Crippen LogP contribution in [0.3, 0.4) is 0 Å². The van der Waals surface area contributed by atoms with E-state index in [-0.39, 0.29) is 23.6 Å². The van der Waals surface area contributed by atoms with Gasteiger partial charge in [-0.05, 0) is 30.2 Å². The van der Waals surface area contributed by atoms with Crippen molar-refractivity contribution in [2.75, 3.05) is 33.3 Å². The maximum absolute atomic E-state index is 13.1. The van der Waals surface area contributed by atoms with E-state index < -0.39 is 6.04 Å². The van der Waals surface area contributed by atoms with Gasteiger partial charge in [-0.3, -0.25) is 14.4 Å². The molecule has 30 heavy (non-hydrogen) atoms. The van der Waals surface area contributed by atoms with Gasteiger partial charge >= 0.3 is 0 Å². The van der Waals surface area contributed by atoms with E-state index in [2.05, 4.69) is 5.32 Å². The van der Waals surface area contributed by atoms with Crippen LogP contribution in [0.25, 0.3) is 0 Å². The van der Waals surface area contributed by atoms with Crippen LogP contribution in [0.4, 0.5) is 0 Å². The summed E-state index contributed by atoms with van der Waals surface area (Å²) in [5, 5.41) is 2.86. The highest BCUT2D eigenvalue weighted by atomic mass is 16.5. The Hall–Kier alpha value is -3.29. The summed E-state index contributed by atoms with van der Waals surface area (Å²) in [6.07, 6.45) is 1.46. The number of benzene rings is 1. The van der Waals surface area contributed by atoms with Crippen LogP contribution in [0.5, 0.6) is 5.75 Å². The molecule has 1 atom stereocenters. The molecular formula is C22H27N3O5. The molecule has 0 aliphatic carbocycles. The third kappa shape index (κ3) is 4.64. The Kier molecular flexibility index (Phi) is 6.76. The Morgan fingerprint density at radius 3 is 2.27 bits per heavy atom. The smallest absolute Gasteiger partial charge is 0.289 e. The summed E-state index contributed by atoms with van der Waals surface area (Å²) in [5.74, 6) is -0.0469. The maximum Gasteiger partial charge on any atom is 0.289 e. The topological polar surface area (TPSA) is 92.1 Å². The lowest BCUT2D eigenvalue weighted by Gasteiger charge is -2.37. The van der Waals surface area contributed by atoms with Crippen molar-refractivity contribution in [3.05, 3.63) is 54.0 Å². The molecule has 8 heteroatoms. The Morgan fingerprint density at radius 2 is 1.67 bits per heavy atom. The fourth-order valence-electron chi connectivity index (χ4n) is 3.45.